The van der Waals surface area contributed by atoms with Gasteiger partial charge in [-0.05, 0) is 58.4 Å². The lowest BCUT2D eigenvalue weighted by molar-refractivity contribution is 0.301. The summed E-state index contributed by atoms with van der Waals surface area (Å²) in [5.74, 6) is 0.278. The lowest BCUT2D eigenvalue weighted by atomic mass is 9.61. The quantitative estimate of drug-likeness (QED) is 0.757. The Morgan fingerprint density at radius 2 is 0.955 bits per heavy atom. The first-order valence-electron chi connectivity index (χ1n) is 7.04. The summed E-state index contributed by atoms with van der Waals surface area (Å²) in [7, 11) is 0. The number of hydrogen-bond donors (Lipinski definition) is 2. The number of phenolic OH excluding ortho intramolecular Hbond substituents is 2. The van der Waals surface area contributed by atoms with E-state index in [4.69, 9.17) is 23.2 Å². The van der Waals surface area contributed by atoms with E-state index in [2.05, 4.69) is 27.7 Å². The molecule has 2 aromatic rings. The molecule has 0 aliphatic rings. The number of phenols is 2. The van der Waals surface area contributed by atoms with E-state index in [-0.39, 0.29) is 22.3 Å². The fourth-order valence-electron chi connectivity index (χ4n) is 2.59. The third-order valence-corrected chi connectivity index (χ3v) is 5.21. The molecule has 0 atom stereocenters. The Balaban J connectivity index is 2.58. The summed E-state index contributed by atoms with van der Waals surface area (Å²) in [5.41, 5.74) is 1.13. The molecule has 2 N–H and O–H groups in total. The molecule has 0 saturated carbocycles. The van der Waals surface area contributed by atoms with Gasteiger partial charge in [0.15, 0.2) is 0 Å². The highest BCUT2D eigenvalue weighted by Crippen LogP contribution is 2.46. The first-order valence-corrected chi connectivity index (χ1v) is 7.80. The monoisotopic (exact) mass is 338 g/mol. The largest absolute Gasteiger partial charge is 0.508 e. The minimum absolute atomic E-state index is 0.139. The van der Waals surface area contributed by atoms with Crippen LogP contribution in [0.4, 0.5) is 0 Å². The average Bonchev–Trinajstić information content (AvgIpc) is 2.36. The predicted octanol–water partition coefficient (Wildman–Crippen LogP) is 5.66. The average molecular weight is 339 g/mol. The van der Waals surface area contributed by atoms with Crippen LogP contribution in [0.3, 0.4) is 0 Å². The molecular weight excluding hydrogens is 319 g/mol. The second-order valence-corrected chi connectivity index (χ2v) is 7.52. The summed E-state index contributed by atoms with van der Waals surface area (Å²) in [5, 5.41) is 20.7. The molecule has 0 radical (unpaired) electrons. The summed E-state index contributed by atoms with van der Waals surface area (Å²) >= 11 is 12.2. The van der Waals surface area contributed by atoms with Gasteiger partial charge in [-0.25, -0.2) is 0 Å². The number of rotatable bonds is 3. The van der Waals surface area contributed by atoms with Crippen molar-refractivity contribution in [3.05, 3.63) is 57.6 Å². The zero-order chi connectivity index (χ0) is 16.7. The molecule has 4 heteroatoms. The van der Waals surface area contributed by atoms with Crippen molar-refractivity contribution in [2.24, 2.45) is 0 Å². The lowest BCUT2D eigenvalue weighted by Crippen LogP contribution is -2.40. The summed E-state index contributed by atoms with van der Waals surface area (Å²) in [6, 6.07) is 10.2. The van der Waals surface area contributed by atoms with Crippen LogP contribution in [0.15, 0.2) is 36.4 Å². The Morgan fingerprint density at radius 1 is 0.636 bits per heavy atom. The van der Waals surface area contributed by atoms with Crippen molar-refractivity contribution in [2.45, 2.75) is 38.5 Å². The standard InChI is InChI=1S/C18H20Cl2O2/c1-17(2,11-5-13(19)9-15(21)7-11)18(3,4)12-6-14(20)10-16(22)8-12/h5-10,21-22H,1-4H3. The van der Waals surface area contributed by atoms with Crippen molar-refractivity contribution in [3.8, 4) is 11.5 Å². The maximum Gasteiger partial charge on any atom is 0.117 e. The Bertz CT molecular complexity index is 604. The molecule has 2 rings (SSSR count). The van der Waals surface area contributed by atoms with Gasteiger partial charge in [0.25, 0.3) is 0 Å². The van der Waals surface area contributed by atoms with Crippen molar-refractivity contribution in [1.82, 2.24) is 0 Å². The van der Waals surface area contributed by atoms with Gasteiger partial charge >= 0.3 is 0 Å². The smallest absolute Gasteiger partial charge is 0.117 e. The molecule has 0 aromatic heterocycles. The SMILES string of the molecule is CC(C)(c1cc(O)cc(Cl)c1)C(C)(C)c1cc(O)cc(Cl)c1. The fraction of sp³-hybridized carbons (Fsp3) is 0.333. The summed E-state index contributed by atoms with van der Waals surface area (Å²) in [6.07, 6.45) is 0. The summed E-state index contributed by atoms with van der Waals surface area (Å²) in [4.78, 5) is 0. The zero-order valence-electron chi connectivity index (χ0n) is 13.1. The molecule has 0 amide bonds. The first kappa shape index (κ1) is 17.0. The second kappa shape index (κ2) is 5.68. The van der Waals surface area contributed by atoms with Gasteiger partial charge < -0.3 is 10.2 Å². The van der Waals surface area contributed by atoms with Gasteiger partial charge in [-0.3, -0.25) is 0 Å². The second-order valence-electron chi connectivity index (χ2n) is 6.65. The number of aromatic hydroxyl groups is 2. The Hall–Kier alpha value is -1.38. The number of halogens is 2. The molecule has 0 spiro atoms. The molecule has 0 fully saturated rings. The molecule has 0 unspecified atom stereocenters. The molecular formula is C18H20Cl2O2. The summed E-state index contributed by atoms with van der Waals surface area (Å²) < 4.78 is 0. The van der Waals surface area contributed by atoms with Crippen molar-refractivity contribution in [1.29, 1.82) is 0 Å². The maximum absolute atomic E-state index is 9.84. The Kier molecular flexibility index (Phi) is 4.38. The third-order valence-electron chi connectivity index (χ3n) is 4.77. The van der Waals surface area contributed by atoms with E-state index in [1.54, 1.807) is 12.1 Å². The molecule has 0 heterocycles. The highest BCUT2D eigenvalue weighted by Gasteiger charge is 2.40. The van der Waals surface area contributed by atoms with Gasteiger partial charge in [0, 0.05) is 10.0 Å². The minimum atomic E-state index is -0.355. The first-order chi connectivity index (χ1) is 10.0. The predicted molar refractivity (Wildman–Crippen MR) is 92.3 cm³/mol. The molecule has 0 aliphatic heterocycles. The van der Waals surface area contributed by atoms with E-state index in [0.29, 0.717) is 10.0 Å². The van der Waals surface area contributed by atoms with Gasteiger partial charge in [0.1, 0.15) is 11.5 Å². The molecule has 0 bridgehead atoms. The third kappa shape index (κ3) is 3.04. The van der Waals surface area contributed by atoms with Crippen LogP contribution in [0, 0.1) is 0 Å². The van der Waals surface area contributed by atoms with Crippen LogP contribution in [0.25, 0.3) is 0 Å². The topological polar surface area (TPSA) is 40.5 Å². The van der Waals surface area contributed by atoms with Gasteiger partial charge in [-0.2, -0.15) is 0 Å². The maximum atomic E-state index is 9.84. The van der Waals surface area contributed by atoms with E-state index in [1.165, 1.54) is 12.1 Å². The highest BCUT2D eigenvalue weighted by molar-refractivity contribution is 6.31. The molecule has 0 saturated heterocycles. The van der Waals surface area contributed by atoms with Gasteiger partial charge in [0.05, 0.1) is 0 Å². The van der Waals surface area contributed by atoms with Crippen molar-refractivity contribution >= 4 is 23.2 Å². The number of benzene rings is 2. The molecule has 2 aromatic carbocycles. The molecule has 22 heavy (non-hydrogen) atoms. The number of hydrogen-bond acceptors (Lipinski definition) is 2. The van der Waals surface area contributed by atoms with Crippen molar-refractivity contribution in [3.63, 3.8) is 0 Å². The highest BCUT2D eigenvalue weighted by atomic mass is 35.5. The minimum Gasteiger partial charge on any atom is -0.508 e. The Morgan fingerprint density at radius 3 is 1.23 bits per heavy atom. The lowest BCUT2D eigenvalue weighted by Gasteiger charge is -2.43. The van der Waals surface area contributed by atoms with Crippen LogP contribution in [0.2, 0.25) is 10.0 Å². The van der Waals surface area contributed by atoms with Crippen LogP contribution >= 0.6 is 23.2 Å². The normalized spacial score (nSPS) is 12.5. The summed E-state index contributed by atoms with van der Waals surface area (Å²) in [6.45, 7) is 8.32. The van der Waals surface area contributed by atoms with E-state index >= 15 is 0 Å². The van der Waals surface area contributed by atoms with Crippen LogP contribution < -0.4 is 0 Å². The molecule has 0 aliphatic carbocycles. The van der Waals surface area contributed by atoms with Crippen LogP contribution in [-0.2, 0) is 10.8 Å². The van der Waals surface area contributed by atoms with Crippen LogP contribution in [0.1, 0.15) is 38.8 Å². The van der Waals surface area contributed by atoms with Crippen molar-refractivity contribution < 1.29 is 10.2 Å². The van der Waals surface area contributed by atoms with E-state index < -0.39 is 0 Å². The van der Waals surface area contributed by atoms with Gasteiger partial charge in [-0.15, -0.1) is 0 Å². The fourth-order valence-corrected chi connectivity index (χ4v) is 3.05. The molecule has 118 valence electrons. The molecule has 2 nitrogen and oxygen atoms in total. The van der Waals surface area contributed by atoms with E-state index in [1.807, 2.05) is 12.1 Å². The van der Waals surface area contributed by atoms with E-state index in [0.717, 1.165) is 11.1 Å². The van der Waals surface area contributed by atoms with E-state index in [9.17, 15) is 10.2 Å². The van der Waals surface area contributed by atoms with Crippen LogP contribution in [-0.4, -0.2) is 10.2 Å². The zero-order valence-corrected chi connectivity index (χ0v) is 14.6. The van der Waals surface area contributed by atoms with Crippen LogP contribution in [0.5, 0.6) is 11.5 Å². The van der Waals surface area contributed by atoms with Crippen molar-refractivity contribution in [2.75, 3.05) is 0 Å². The van der Waals surface area contributed by atoms with Gasteiger partial charge in [0.2, 0.25) is 0 Å². The van der Waals surface area contributed by atoms with Gasteiger partial charge in [-0.1, -0.05) is 50.9 Å². The Labute approximate surface area is 141 Å².